The van der Waals surface area contributed by atoms with Crippen molar-refractivity contribution < 1.29 is 13.5 Å². The first-order valence-electron chi connectivity index (χ1n) is 6.05. The van der Waals surface area contributed by atoms with Gasteiger partial charge in [-0.2, -0.15) is 4.31 Å². The summed E-state index contributed by atoms with van der Waals surface area (Å²) in [6.07, 6.45) is 2.64. The van der Waals surface area contributed by atoms with Crippen LogP contribution in [-0.2, 0) is 16.4 Å². The fourth-order valence-corrected chi connectivity index (χ4v) is 3.54. The average molecular weight is 270 g/mol. The molecule has 100 valence electrons. The van der Waals surface area contributed by atoms with E-state index in [0.717, 1.165) is 5.69 Å². The molecule has 0 radical (unpaired) electrons. The minimum atomic E-state index is -3.27. The quantitative estimate of drug-likeness (QED) is 0.841. The van der Waals surface area contributed by atoms with Gasteiger partial charge in [0, 0.05) is 31.4 Å². The van der Waals surface area contributed by atoms with Crippen LogP contribution in [0.1, 0.15) is 19.0 Å². The molecule has 1 aromatic rings. The van der Waals surface area contributed by atoms with Crippen LogP contribution in [0.5, 0.6) is 0 Å². The molecule has 0 aliphatic carbocycles. The SMILES string of the molecule is CCC1(O)CN(S(=O)(=O)CCc2ccccn2)C1. The fraction of sp³-hybridized carbons (Fsp3) is 0.583. The molecule has 5 nitrogen and oxygen atoms in total. The van der Waals surface area contributed by atoms with Crippen molar-refractivity contribution in [2.75, 3.05) is 18.8 Å². The van der Waals surface area contributed by atoms with Crippen molar-refractivity contribution in [1.29, 1.82) is 0 Å². The summed E-state index contributed by atoms with van der Waals surface area (Å²) in [5.41, 5.74) is -0.0507. The second-order valence-corrected chi connectivity index (χ2v) is 6.82. The summed E-state index contributed by atoms with van der Waals surface area (Å²) in [4.78, 5) is 4.10. The van der Waals surface area contributed by atoms with Gasteiger partial charge in [0.25, 0.3) is 0 Å². The second-order valence-electron chi connectivity index (χ2n) is 4.73. The molecule has 1 saturated heterocycles. The Kier molecular flexibility index (Phi) is 3.70. The lowest BCUT2D eigenvalue weighted by molar-refractivity contribution is -0.0613. The molecule has 1 fully saturated rings. The highest BCUT2D eigenvalue weighted by atomic mass is 32.2. The Morgan fingerprint density at radius 1 is 1.44 bits per heavy atom. The molecule has 1 N–H and O–H groups in total. The molecule has 0 bridgehead atoms. The number of hydrogen-bond donors (Lipinski definition) is 1. The maximum absolute atomic E-state index is 12.0. The molecule has 1 aromatic heterocycles. The predicted octanol–water partition coefficient (Wildman–Crippen LogP) is 0.411. The van der Waals surface area contributed by atoms with Crippen molar-refractivity contribution in [2.45, 2.75) is 25.4 Å². The molecule has 18 heavy (non-hydrogen) atoms. The lowest BCUT2D eigenvalue weighted by atomic mass is 9.94. The van der Waals surface area contributed by atoms with Gasteiger partial charge in [0.2, 0.25) is 10.0 Å². The van der Waals surface area contributed by atoms with Gasteiger partial charge in [-0.15, -0.1) is 0 Å². The van der Waals surface area contributed by atoms with Crippen molar-refractivity contribution >= 4 is 10.0 Å². The first-order chi connectivity index (χ1) is 8.45. The maximum atomic E-state index is 12.0. The molecular weight excluding hydrogens is 252 g/mol. The molecule has 0 aromatic carbocycles. The summed E-state index contributed by atoms with van der Waals surface area (Å²) in [6.45, 7) is 2.29. The van der Waals surface area contributed by atoms with Crippen molar-refractivity contribution in [2.24, 2.45) is 0 Å². The van der Waals surface area contributed by atoms with E-state index in [-0.39, 0.29) is 18.8 Å². The number of pyridine rings is 1. The van der Waals surface area contributed by atoms with Gasteiger partial charge in [0.1, 0.15) is 0 Å². The van der Waals surface area contributed by atoms with Gasteiger partial charge in [-0.3, -0.25) is 4.98 Å². The lowest BCUT2D eigenvalue weighted by Gasteiger charge is -2.44. The van der Waals surface area contributed by atoms with E-state index >= 15 is 0 Å². The third-order valence-corrected chi connectivity index (χ3v) is 5.10. The molecular formula is C12H18N2O3S. The minimum absolute atomic E-state index is 0.0454. The number of β-amino-alcohol motifs (C(OH)–C–C–N with tert-alkyl or cyclic N) is 1. The fourth-order valence-electron chi connectivity index (χ4n) is 1.94. The van der Waals surface area contributed by atoms with Crippen LogP contribution in [0.3, 0.4) is 0 Å². The van der Waals surface area contributed by atoms with E-state index < -0.39 is 15.6 Å². The second kappa shape index (κ2) is 4.95. The van der Waals surface area contributed by atoms with Crippen LogP contribution in [0.15, 0.2) is 24.4 Å². The summed E-state index contributed by atoms with van der Waals surface area (Å²) < 4.78 is 25.3. The third-order valence-electron chi connectivity index (χ3n) is 3.34. The Bertz CT molecular complexity index is 495. The summed E-state index contributed by atoms with van der Waals surface area (Å²) >= 11 is 0. The number of sulfonamides is 1. The largest absolute Gasteiger partial charge is 0.387 e. The number of nitrogens with zero attached hydrogens (tertiary/aromatic N) is 2. The van der Waals surface area contributed by atoms with Gasteiger partial charge in [-0.25, -0.2) is 8.42 Å². The zero-order valence-corrected chi connectivity index (χ0v) is 11.2. The lowest BCUT2D eigenvalue weighted by Crippen LogP contribution is -2.63. The van der Waals surface area contributed by atoms with Crippen molar-refractivity contribution in [3.8, 4) is 0 Å². The van der Waals surface area contributed by atoms with Gasteiger partial charge in [-0.1, -0.05) is 13.0 Å². The molecule has 0 unspecified atom stereocenters. The molecule has 6 heteroatoms. The van der Waals surface area contributed by atoms with E-state index in [1.165, 1.54) is 4.31 Å². The Hall–Kier alpha value is -0.980. The van der Waals surface area contributed by atoms with E-state index in [0.29, 0.717) is 12.8 Å². The molecule has 0 spiro atoms. The van der Waals surface area contributed by atoms with Crippen LogP contribution >= 0.6 is 0 Å². The van der Waals surface area contributed by atoms with Crippen LogP contribution in [0.25, 0.3) is 0 Å². The third kappa shape index (κ3) is 2.88. The van der Waals surface area contributed by atoms with Crippen LogP contribution in [0.4, 0.5) is 0 Å². The van der Waals surface area contributed by atoms with Gasteiger partial charge in [0.15, 0.2) is 0 Å². The van der Waals surface area contributed by atoms with E-state index in [4.69, 9.17) is 0 Å². The van der Waals surface area contributed by atoms with Crippen molar-refractivity contribution in [1.82, 2.24) is 9.29 Å². The normalized spacial score (nSPS) is 19.4. The Balaban J connectivity index is 1.90. The monoisotopic (exact) mass is 270 g/mol. The smallest absolute Gasteiger partial charge is 0.214 e. The zero-order chi connectivity index (χ0) is 13.2. The molecule has 0 amide bonds. The van der Waals surface area contributed by atoms with E-state index in [1.54, 1.807) is 12.3 Å². The molecule has 2 heterocycles. The number of aryl methyl sites for hydroxylation is 1. The highest BCUT2D eigenvalue weighted by Crippen LogP contribution is 2.27. The summed E-state index contributed by atoms with van der Waals surface area (Å²) in [6, 6.07) is 5.46. The standard InChI is InChI=1S/C12H18N2O3S/c1-2-12(15)9-14(10-12)18(16,17)8-6-11-5-3-4-7-13-11/h3-5,7,15H,2,6,8-10H2,1H3. The van der Waals surface area contributed by atoms with Crippen LogP contribution in [0.2, 0.25) is 0 Å². The average Bonchev–Trinajstić information content (AvgIpc) is 2.34. The molecule has 0 atom stereocenters. The Labute approximate surface area is 108 Å². The van der Waals surface area contributed by atoms with Crippen molar-refractivity contribution in [3.05, 3.63) is 30.1 Å². The number of aliphatic hydroxyl groups is 1. The summed E-state index contributed by atoms with van der Waals surface area (Å²) in [5, 5.41) is 9.82. The van der Waals surface area contributed by atoms with Crippen LogP contribution in [0, 0.1) is 0 Å². The Morgan fingerprint density at radius 3 is 2.72 bits per heavy atom. The number of rotatable bonds is 5. The predicted molar refractivity (Wildman–Crippen MR) is 68.5 cm³/mol. The van der Waals surface area contributed by atoms with Crippen LogP contribution in [-0.4, -0.2) is 47.3 Å². The number of hydrogen-bond acceptors (Lipinski definition) is 4. The van der Waals surface area contributed by atoms with E-state index in [1.807, 2.05) is 19.1 Å². The minimum Gasteiger partial charge on any atom is -0.387 e. The summed E-state index contributed by atoms with van der Waals surface area (Å²) in [5.74, 6) is 0.0454. The zero-order valence-electron chi connectivity index (χ0n) is 10.4. The maximum Gasteiger partial charge on any atom is 0.214 e. The first-order valence-corrected chi connectivity index (χ1v) is 7.66. The number of aromatic nitrogens is 1. The summed E-state index contributed by atoms with van der Waals surface area (Å²) in [7, 11) is -3.27. The van der Waals surface area contributed by atoms with Gasteiger partial charge in [-0.05, 0) is 18.6 Å². The molecule has 2 rings (SSSR count). The van der Waals surface area contributed by atoms with E-state index in [9.17, 15) is 13.5 Å². The molecule has 0 saturated carbocycles. The molecule has 1 aliphatic rings. The highest BCUT2D eigenvalue weighted by molar-refractivity contribution is 7.89. The Morgan fingerprint density at radius 2 is 2.17 bits per heavy atom. The van der Waals surface area contributed by atoms with Gasteiger partial charge < -0.3 is 5.11 Å². The highest BCUT2D eigenvalue weighted by Gasteiger charge is 2.45. The van der Waals surface area contributed by atoms with Crippen molar-refractivity contribution in [3.63, 3.8) is 0 Å². The van der Waals surface area contributed by atoms with Gasteiger partial charge >= 0.3 is 0 Å². The van der Waals surface area contributed by atoms with Crippen LogP contribution < -0.4 is 0 Å². The topological polar surface area (TPSA) is 70.5 Å². The first kappa shape index (κ1) is 13.5. The van der Waals surface area contributed by atoms with Gasteiger partial charge in [0.05, 0.1) is 11.4 Å². The molecule has 1 aliphatic heterocycles. The van der Waals surface area contributed by atoms with E-state index in [2.05, 4.69) is 4.98 Å².